The summed E-state index contributed by atoms with van der Waals surface area (Å²) in [6.07, 6.45) is 0.754. The molecular weight excluding hydrogens is 346 g/mol. The minimum absolute atomic E-state index is 0.108. The van der Waals surface area contributed by atoms with Crippen LogP contribution in [0, 0.1) is 0 Å². The number of likely N-dealkylation sites (N-methyl/N-ethyl adjacent to an activating group) is 1. The Bertz CT molecular complexity index is 860. The van der Waals surface area contributed by atoms with Gasteiger partial charge in [-0.05, 0) is 44.3 Å². The summed E-state index contributed by atoms with van der Waals surface area (Å²) in [5, 5.41) is 9.69. The van der Waals surface area contributed by atoms with Crippen molar-refractivity contribution in [1.29, 1.82) is 0 Å². The molecule has 0 bridgehead atoms. The van der Waals surface area contributed by atoms with Crippen molar-refractivity contribution in [2.75, 3.05) is 26.0 Å². The molecule has 1 heterocycles. The third-order valence-corrected chi connectivity index (χ3v) is 3.66. The van der Waals surface area contributed by atoms with Crippen molar-refractivity contribution in [3.8, 4) is 0 Å². The minimum atomic E-state index is -0.359. The molecule has 0 aliphatic carbocycles. The molecule has 0 saturated heterocycles. The molecular formula is C19H25N5O3. The number of anilines is 1. The van der Waals surface area contributed by atoms with Crippen LogP contribution in [0.1, 0.15) is 29.4 Å². The Morgan fingerprint density at radius 2 is 1.96 bits per heavy atom. The van der Waals surface area contributed by atoms with Crippen LogP contribution in [-0.4, -0.2) is 47.1 Å². The van der Waals surface area contributed by atoms with Crippen LogP contribution in [0.3, 0.4) is 0 Å². The lowest BCUT2D eigenvalue weighted by Gasteiger charge is -2.11. The number of aryl methyl sites for hydroxylation is 1. The maximum atomic E-state index is 12.3. The van der Waals surface area contributed by atoms with E-state index in [1.54, 1.807) is 17.0 Å². The molecule has 2 rings (SSSR count). The first-order valence-electron chi connectivity index (χ1n) is 8.79. The second-order valence-corrected chi connectivity index (χ2v) is 6.45. The van der Waals surface area contributed by atoms with E-state index in [1.165, 1.54) is 16.8 Å². The zero-order valence-electron chi connectivity index (χ0n) is 15.9. The zero-order chi connectivity index (χ0) is 19.8. The van der Waals surface area contributed by atoms with Crippen LogP contribution >= 0.6 is 0 Å². The number of hydrogen-bond donors (Lipinski definition) is 2. The Kier molecular flexibility index (Phi) is 7.25. The molecule has 0 unspecified atom stereocenters. The molecule has 27 heavy (non-hydrogen) atoms. The molecule has 1 aromatic carbocycles. The highest BCUT2D eigenvalue weighted by Gasteiger charge is 2.10. The Hall–Kier alpha value is -3.00. The fourth-order valence-corrected chi connectivity index (χ4v) is 2.46. The first-order chi connectivity index (χ1) is 12.9. The monoisotopic (exact) mass is 371 g/mol. The predicted octanol–water partition coefficient (Wildman–Crippen LogP) is 1.08. The number of nitrogens with zero attached hydrogens (tertiary/aromatic N) is 3. The van der Waals surface area contributed by atoms with Crippen LogP contribution in [0.4, 0.5) is 5.69 Å². The number of carbonyl (C=O) groups excluding carboxylic acids is 2. The third kappa shape index (κ3) is 6.34. The van der Waals surface area contributed by atoms with Gasteiger partial charge in [-0.15, -0.1) is 0 Å². The maximum absolute atomic E-state index is 12.3. The average Bonchev–Trinajstić information content (AvgIpc) is 2.61. The van der Waals surface area contributed by atoms with Crippen molar-refractivity contribution in [2.24, 2.45) is 0 Å². The summed E-state index contributed by atoms with van der Waals surface area (Å²) in [4.78, 5) is 37.6. The highest BCUT2D eigenvalue weighted by Crippen LogP contribution is 2.10. The fourth-order valence-electron chi connectivity index (χ4n) is 2.46. The van der Waals surface area contributed by atoms with E-state index in [2.05, 4.69) is 15.7 Å². The number of amides is 2. The van der Waals surface area contributed by atoms with Crippen LogP contribution in [0.15, 0.2) is 41.2 Å². The summed E-state index contributed by atoms with van der Waals surface area (Å²) < 4.78 is 1.29. The number of benzene rings is 1. The molecule has 0 atom stereocenters. The van der Waals surface area contributed by atoms with Crippen molar-refractivity contribution in [1.82, 2.24) is 20.0 Å². The fraction of sp³-hybridized carbons (Fsp3) is 0.368. The van der Waals surface area contributed by atoms with E-state index in [1.807, 2.05) is 33.2 Å². The normalized spacial score (nSPS) is 10.7. The summed E-state index contributed by atoms with van der Waals surface area (Å²) in [6.45, 7) is 2.98. The molecule has 1 aromatic heterocycles. The van der Waals surface area contributed by atoms with Gasteiger partial charge in [-0.1, -0.05) is 19.1 Å². The minimum Gasteiger partial charge on any atom is -0.347 e. The van der Waals surface area contributed by atoms with Crippen LogP contribution in [0.2, 0.25) is 0 Å². The first kappa shape index (κ1) is 20.3. The lowest BCUT2D eigenvalue weighted by Crippen LogP contribution is -2.29. The van der Waals surface area contributed by atoms with Gasteiger partial charge < -0.3 is 15.5 Å². The summed E-state index contributed by atoms with van der Waals surface area (Å²) >= 11 is 0. The lowest BCUT2D eigenvalue weighted by molar-refractivity contribution is -0.116. The van der Waals surface area contributed by atoms with Crippen LogP contribution < -0.4 is 16.2 Å². The van der Waals surface area contributed by atoms with Gasteiger partial charge in [0.25, 0.3) is 11.5 Å². The van der Waals surface area contributed by atoms with E-state index in [-0.39, 0.29) is 29.6 Å². The van der Waals surface area contributed by atoms with Crippen molar-refractivity contribution in [3.05, 3.63) is 58.0 Å². The van der Waals surface area contributed by atoms with Gasteiger partial charge in [-0.3, -0.25) is 14.4 Å². The molecule has 144 valence electrons. The van der Waals surface area contributed by atoms with Crippen molar-refractivity contribution < 1.29 is 9.59 Å². The molecule has 8 nitrogen and oxygen atoms in total. The molecule has 0 saturated carbocycles. The Morgan fingerprint density at radius 3 is 2.67 bits per heavy atom. The molecule has 0 aliphatic rings. The Balaban J connectivity index is 1.99. The van der Waals surface area contributed by atoms with Gasteiger partial charge in [0, 0.05) is 24.8 Å². The first-order valence-corrected chi connectivity index (χ1v) is 8.79. The van der Waals surface area contributed by atoms with Gasteiger partial charge in [0.2, 0.25) is 5.91 Å². The van der Waals surface area contributed by atoms with Gasteiger partial charge in [0.1, 0.15) is 5.69 Å². The molecule has 8 heteroatoms. The van der Waals surface area contributed by atoms with E-state index in [0.717, 1.165) is 12.0 Å². The van der Waals surface area contributed by atoms with Gasteiger partial charge >= 0.3 is 0 Å². The molecule has 0 spiro atoms. The van der Waals surface area contributed by atoms with Gasteiger partial charge in [0.05, 0.1) is 6.54 Å². The second-order valence-electron chi connectivity index (χ2n) is 6.45. The van der Waals surface area contributed by atoms with Crippen molar-refractivity contribution in [3.63, 3.8) is 0 Å². The number of rotatable bonds is 8. The van der Waals surface area contributed by atoms with E-state index in [4.69, 9.17) is 0 Å². The third-order valence-electron chi connectivity index (χ3n) is 3.66. The maximum Gasteiger partial charge on any atom is 0.271 e. The second kappa shape index (κ2) is 9.63. The highest BCUT2D eigenvalue weighted by atomic mass is 16.2. The molecule has 2 N–H and O–H groups in total. The SMILES string of the molecule is CCCn1nc(C(=O)NCc2cccc(NC(=O)CN(C)C)c2)ccc1=O. The topological polar surface area (TPSA) is 96.3 Å². The predicted molar refractivity (Wildman–Crippen MR) is 104 cm³/mol. The summed E-state index contributed by atoms with van der Waals surface area (Å²) in [5.41, 5.74) is 1.48. The molecule has 2 aromatic rings. The summed E-state index contributed by atoms with van der Waals surface area (Å²) in [6, 6.07) is 10.0. The quantitative estimate of drug-likeness (QED) is 0.724. The number of hydrogen-bond acceptors (Lipinski definition) is 5. The largest absolute Gasteiger partial charge is 0.347 e. The number of aromatic nitrogens is 2. The summed E-state index contributed by atoms with van der Waals surface area (Å²) in [7, 11) is 3.65. The molecule has 2 amide bonds. The van der Waals surface area contributed by atoms with Crippen molar-refractivity contribution >= 4 is 17.5 Å². The van der Waals surface area contributed by atoms with Crippen LogP contribution in [0.25, 0.3) is 0 Å². The molecule has 0 aliphatic heterocycles. The van der Waals surface area contributed by atoms with Crippen molar-refractivity contribution in [2.45, 2.75) is 26.4 Å². The number of carbonyl (C=O) groups is 2. The molecule has 0 radical (unpaired) electrons. The average molecular weight is 371 g/mol. The van der Waals surface area contributed by atoms with Crippen LogP contribution in [-0.2, 0) is 17.9 Å². The smallest absolute Gasteiger partial charge is 0.271 e. The summed E-state index contributed by atoms with van der Waals surface area (Å²) in [5.74, 6) is -0.467. The van der Waals surface area contributed by atoms with E-state index in [0.29, 0.717) is 18.8 Å². The van der Waals surface area contributed by atoms with Gasteiger partial charge in [0.15, 0.2) is 0 Å². The molecule has 0 fully saturated rings. The highest BCUT2D eigenvalue weighted by molar-refractivity contribution is 5.93. The van der Waals surface area contributed by atoms with E-state index < -0.39 is 0 Å². The van der Waals surface area contributed by atoms with E-state index >= 15 is 0 Å². The zero-order valence-corrected chi connectivity index (χ0v) is 15.9. The Labute approximate surface area is 158 Å². The van der Waals surface area contributed by atoms with E-state index in [9.17, 15) is 14.4 Å². The standard InChI is InChI=1S/C19H25N5O3/c1-4-10-24-18(26)9-8-16(22-24)19(27)20-12-14-6-5-7-15(11-14)21-17(25)13-23(2)3/h5-9,11H,4,10,12-13H2,1-3H3,(H,20,27)(H,21,25). The van der Waals surface area contributed by atoms with Gasteiger partial charge in [-0.25, -0.2) is 4.68 Å². The van der Waals surface area contributed by atoms with Gasteiger partial charge in [-0.2, -0.15) is 5.10 Å². The Morgan fingerprint density at radius 1 is 1.19 bits per heavy atom. The lowest BCUT2D eigenvalue weighted by atomic mass is 10.2. The number of nitrogens with one attached hydrogen (secondary N) is 2. The van der Waals surface area contributed by atoms with Crippen LogP contribution in [0.5, 0.6) is 0 Å².